The summed E-state index contributed by atoms with van der Waals surface area (Å²) >= 11 is 0. The average molecular weight is 366 g/mol. The van der Waals surface area contributed by atoms with E-state index in [1.165, 1.54) is 12.1 Å². The van der Waals surface area contributed by atoms with Crippen LogP contribution in [0.4, 0.5) is 17.3 Å². The van der Waals surface area contributed by atoms with Crippen molar-refractivity contribution in [2.45, 2.75) is 0 Å². The number of nitrogens with two attached hydrogens (primary N) is 1. The molecule has 2 aromatic carbocycles. The lowest BCUT2D eigenvalue weighted by molar-refractivity contribution is 0.0697. The second kappa shape index (κ2) is 7.61. The maximum absolute atomic E-state index is 11.1. The number of carboxylic acid groups (broad SMARTS) is 1. The minimum absolute atomic E-state index is 0.169. The number of nitrogens with zero attached hydrogens (tertiary/aromatic N) is 2. The van der Waals surface area contributed by atoms with E-state index in [9.17, 15) is 4.79 Å². The summed E-state index contributed by atoms with van der Waals surface area (Å²) < 4.78 is 10.5. The van der Waals surface area contributed by atoms with Crippen LogP contribution in [0.15, 0.2) is 48.5 Å². The van der Waals surface area contributed by atoms with Crippen molar-refractivity contribution in [3.05, 3.63) is 54.1 Å². The molecule has 0 saturated heterocycles. The Bertz CT molecular complexity index is 991. The summed E-state index contributed by atoms with van der Waals surface area (Å²) in [5.41, 5.74) is 7.35. The number of carbonyl (C=O) groups is 1. The lowest BCUT2D eigenvalue weighted by Gasteiger charge is -2.11. The van der Waals surface area contributed by atoms with Gasteiger partial charge in [-0.15, -0.1) is 0 Å². The molecule has 1 aromatic heterocycles. The van der Waals surface area contributed by atoms with Crippen molar-refractivity contribution in [1.82, 2.24) is 9.97 Å². The monoisotopic (exact) mass is 366 g/mol. The summed E-state index contributed by atoms with van der Waals surface area (Å²) in [6, 6.07) is 13.3. The first-order valence-electron chi connectivity index (χ1n) is 7.97. The van der Waals surface area contributed by atoms with E-state index in [0.717, 1.165) is 0 Å². The van der Waals surface area contributed by atoms with Gasteiger partial charge in [-0.1, -0.05) is 6.07 Å². The molecule has 1 heterocycles. The highest BCUT2D eigenvalue weighted by Crippen LogP contribution is 2.32. The Hall–Kier alpha value is -3.81. The molecule has 8 heteroatoms. The molecule has 0 atom stereocenters. The predicted octanol–water partition coefficient (Wildman–Crippen LogP) is 3.18. The summed E-state index contributed by atoms with van der Waals surface area (Å²) in [4.78, 5) is 19.8. The van der Waals surface area contributed by atoms with E-state index in [2.05, 4.69) is 15.3 Å². The Morgan fingerprint density at radius 1 is 1.04 bits per heavy atom. The quantitative estimate of drug-likeness (QED) is 0.608. The number of aromatic carboxylic acids is 1. The standard InChI is InChI=1S/C19H18N4O4/c1-26-14-7-6-11(9-15(14)27-2)18-22-16(20)10-17(23-18)21-13-5-3-4-12(8-13)19(24)25/h3-10H,1-2H3,(H,24,25)(H3,20,21,22,23). The van der Waals surface area contributed by atoms with Crippen LogP contribution in [-0.2, 0) is 0 Å². The molecule has 3 rings (SSSR count). The molecule has 0 aliphatic rings. The molecule has 138 valence electrons. The number of benzene rings is 2. The Balaban J connectivity index is 1.95. The number of methoxy groups -OCH3 is 2. The Morgan fingerprint density at radius 3 is 2.52 bits per heavy atom. The number of nitrogen functional groups attached to an aromatic ring is 1. The predicted molar refractivity (Wildman–Crippen MR) is 102 cm³/mol. The van der Waals surface area contributed by atoms with E-state index in [-0.39, 0.29) is 11.4 Å². The van der Waals surface area contributed by atoms with Gasteiger partial charge in [0.05, 0.1) is 19.8 Å². The molecule has 0 aliphatic carbocycles. The van der Waals surface area contributed by atoms with E-state index in [4.69, 9.17) is 20.3 Å². The summed E-state index contributed by atoms with van der Waals surface area (Å²) in [6.45, 7) is 0. The van der Waals surface area contributed by atoms with Crippen LogP contribution >= 0.6 is 0 Å². The van der Waals surface area contributed by atoms with Gasteiger partial charge >= 0.3 is 5.97 Å². The van der Waals surface area contributed by atoms with Gasteiger partial charge in [-0.3, -0.25) is 0 Å². The highest BCUT2D eigenvalue weighted by Gasteiger charge is 2.11. The third-order valence-corrected chi connectivity index (χ3v) is 3.77. The lowest BCUT2D eigenvalue weighted by Crippen LogP contribution is -2.02. The molecule has 0 aliphatic heterocycles. The van der Waals surface area contributed by atoms with E-state index >= 15 is 0 Å². The van der Waals surface area contributed by atoms with Crippen LogP contribution in [0.1, 0.15) is 10.4 Å². The van der Waals surface area contributed by atoms with Crippen molar-refractivity contribution in [2.24, 2.45) is 0 Å². The molecular formula is C19H18N4O4. The van der Waals surface area contributed by atoms with E-state index in [0.29, 0.717) is 34.4 Å². The fourth-order valence-corrected chi connectivity index (χ4v) is 2.51. The van der Waals surface area contributed by atoms with Crippen LogP contribution in [0.5, 0.6) is 11.5 Å². The molecule has 0 spiro atoms. The average Bonchev–Trinajstić information content (AvgIpc) is 2.67. The van der Waals surface area contributed by atoms with Gasteiger partial charge in [0.15, 0.2) is 17.3 Å². The molecule has 0 fully saturated rings. The summed E-state index contributed by atoms with van der Waals surface area (Å²) in [7, 11) is 3.10. The zero-order valence-corrected chi connectivity index (χ0v) is 14.8. The van der Waals surface area contributed by atoms with Crippen molar-refractivity contribution < 1.29 is 19.4 Å². The van der Waals surface area contributed by atoms with Gasteiger partial charge in [0.1, 0.15) is 11.6 Å². The fourth-order valence-electron chi connectivity index (χ4n) is 2.51. The molecule has 0 unspecified atom stereocenters. The van der Waals surface area contributed by atoms with Crippen LogP contribution in [0.3, 0.4) is 0 Å². The molecule has 0 radical (unpaired) electrons. The Morgan fingerprint density at radius 2 is 1.81 bits per heavy atom. The molecule has 8 nitrogen and oxygen atoms in total. The summed E-state index contributed by atoms with van der Waals surface area (Å²) in [6.07, 6.45) is 0. The Labute approximate surface area is 155 Å². The third kappa shape index (κ3) is 4.06. The number of hydrogen-bond acceptors (Lipinski definition) is 7. The molecule has 0 amide bonds. The number of aromatic nitrogens is 2. The summed E-state index contributed by atoms with van der Waals surface area (Å²) in [5, 5.41) is 12.2. The van der Waals surface area contributed by atoms with Crippen LogP contribution in [0.2, 0.25) is 0 Å². The van der Waals surface area contributed by atoms with E-state index in [1.54, 1.807) is 50.6 Å². The fraction of sp³-hybridized carbons (Fsp3) is 0.105. The molecule has 0 bridgehead atoms. The second-order valence-electron chi connectivity index (χ2n) is 5.58. The van der Waals surface area contributed by atoms with Crippen molar-refractivity contribution in [1.29, 1.82) is 0 Å². The van der Waals surface area contributed by atoms with Crippen molar-refractivity contribution in [2.75, 3.05) is 25.3 Å². The minimum Gasteiger partial charge on any atom is -0.493 e. The molecular weight excluding hydrogens is 348 g/mol. The number of ether oxygens (including phenoxy) is 2. The van der Waals surface area contributed by atoms with Gasteiger partial charge in [-0.05, 0) is 36.4 Å². The van der Waals surface area contributed by atoms with Gasteiger partial charge < -0.3 is 25.6 Å². The van der Waals surface area contributed by atoms with Gasteiger partial charge in [0, 0.05) is 17.3 Å². The van der Waals surface area contributed by atoms with E-state index in [1.807, 2.05) is 0 Å². The Kier molecular flexibility index (Phi) is 5.07. The van der Waals surface area contributed by atoms with Crippen LogP contribution in [-0.4, -0.2) is 35.3 Å². The van der Waals surface area contributed by atoms with Crippen LogP contribution in [0.25, 0.3) is 11.4 Å². The van der Waals surface area contributed by atoms with Crippen molar-refractivity contribution >= 4 is 23.3 Å². The van der Waals surface area contributed by atoms with Crippen LogP contribution in [0, 0.1) is 0 Å². The van der Waals surface area contributed by atoms with Gasteiger partial charge in [0.2, 0.25) is 0 Å². The molecule has 27 heavy (non-hydrogen) atoms. The molecule has 4 N–H and O–H groups in total. The number of hydrogen-bond donors (Lipinski definition) is 3. The maximum atomic E-state index is 11.1. The largest absolute Gasteiger partial charge is 0.493 e. The number of nitrogens with one attached hydrogen (secondary N) is 1. The smallest absolute Gasteiger partial charge is 0.335 e. The topological polar surface area (TPSA) is 120 Å². The zero-order chi connectivity index (χ0) is 19.4. The molecule has 0 saturated carbocycles. The van der Waals surface area contributed by atoms with Gasteiger partial charge in [-0.25, -0.2) is 14.8 Å². The van der Waals surface area contributed by atoms with Gasteiger partial charge in [0.25, 0.3) is 0 Å². The molecule has 3 aromatic rings. The first kappa shape index (κ1) is 18.0. The lowest BCUT2D eigenvalue weighted by atomic mass is 10.2. The second-order valence-corrected chi connectivity index (χ2v) is 5.58. The minimum atomic E-state index is -1.01. The highest BCUT2D eigenvalue weighted by atomic mass is 16.5. The van der Waals surface area contributed by atoms with Crippen molar-refractivity contribution in [3.8, 4) is 22.9 Å². The number of carboxylic acids is 1. The van der Waals surface area contributed by atoms with Crippen molar-refractivity contribution in [3.63, 3.8) is 0 Å². The SMILES string of the molecule is COc1ccc(-c2nc(N)cc(Nc3cccc(C(=O)O)c3)n2)cc1OC. The van der Waals surface area contributed by atoms with Crippen LogP contribution < -0.4 is 20.5 Å². The highest BCUT2D eigenvalue weighted by molar-refractivity contribution is 5.89. The first-order chi connectivity index (χ1) is 13.0. The summed E-state index contributed by atoms with van der Waals surface area (Å²) in [5.74, 6) is 1.24. The zero-order valence-electron chi connectivity index (χ0n) is 14.8. The van der Waals surface area contributed by atoms with Gasteiger partial charge in [-0.2, -0.15) is 0 Å². The number of rotatable bonds is 6. The van der Waals surface area contributed by atoms with E-state index < -0.39 is 5.97 Å². The number of anilines is 3. The first-order valence-corrected chi connectivity index (χ1v) is 7.97. The maximum Gasteiger partial charge on any atom is 0.335 e. The third-order valence-electron chi connectivity index (χ3n) is 3.77. The normalized spacial score (nSPS) is 10.3.